The van der Waals surface area contributed by atoms with E-state index in [9.17, 15) is 9.59 Å². The van der Waals surface area contributed by atoms with Crippen LogP contribution in [0.25, 0.3) is 0 Å². The molecule has 3 fully saturated rings. The van der Waals surface area contributed by atoms with Crippen LogP contribution in [0.3, 0.4) is 0 Å². The number of anilines is 2. The normalized spacial score (nSPS) is 23.1. The van der Waals surface area contributed by atoms with Crippen LogP contribution in [-0.4, -0.2) is 78.5 Å². The lowest BCUT2D eigenvalue weighted by Crippen LogP contribution is -2.37. The summed E-state index contributed by atoms with van der Waals surface area (Å²) in [5.41, 5.74) is 2.90. The maximum Gasteiger partial charge on any atom is 0.268 e. The van der Waals surface area contributed by atoms with E-state index >= 15 is 0 Å². The number of likely N-dealkylation sites (N-methyl/N-ethyl adjacent to an activating group) is 1. The Bertz CT molecular complexity index is 1400. The van der Waals surface area contributed by atoms with E-state index in [4.69, 9.17) is 4.98 Å². The maximum absolute atomic E-state index is 13.7. The number of benzene rings is 1. The molecule has 228 valence electrons. The first kappa shape index (κ1) is 29.8. The number of rotatable bonds is 9. The van der Waals surface area contributed by atoms with Crippen LogP contribution in [0.1, 0.15) is 66.6 Å². The minimum Gasteiger partial charge on any atom is -0.355 e. The van der Waals surface area contributed by atoms with Crippen LogP contribution in [0, 0.1) is 17.8 Å². The molecule has 2 saturated heterocycles. The first-order chi connectivity index (χ1) is 20.7. The summed E-state index contributed by atoms with van der Waals surface area (Å²) in [7, 11) is 0. The van der Waals surface area contributed by atoms with Crippen LogP contribution in [0.2, 0.25) is 0 Å². The second kappa shape index (κ2) is 12.0. The molecule has 2 amide bonds. The fourth-order valence-electron chi connectivity index (χ4n) is 7.14. The number of hydrogen-bond acceptors (Lipinski definition) is 6. The Balaban J connectivity index is 1.11. The van der Waals surface area contributed by atoms with Crippen LogP contribution < -0.4 is 9.80 Å². The highest BCUT2D eigenvalue weighted by atomic mass is 32.1. The van der Waals surface area contributed by atoms with Crippen LogP contribution in [0.5, 0.6) is 0 Å². The molecule has 3 atom stereocenters. The molecule has 0 N–H and O–H groups in total. The number of nitrogens with zero attached hydrogens (tertiary/aromatic N) is 5. The van der Waals surface area contributed by atoms with Gasteiger partial charge in [-0.25, -0.2) is 4.98 Å². The van der Waals surface area contributed by atoms with Crippen LogP contribution in [0.15, 0.2) is 60.1 Å². The Morgan fingerprint density at radius 1 is 0.977 bits per heavy atom. The zero-order valence-corrected chi connectivity index (χ0v) is 27.0. The Hall–Kier alpha value is -3.23. The van der Waals surface area contributed by atoms with Crippen LogP contribution in [-0.2, 0) is 5.41 Å². The molecule has 3 aromatic rings. The molecule has 3 unspecified atom stereocenters. The van der Waals surface area contributed by atoms with Crippen molar-refractivity contribution in [2.75, 3.05) is 55.6 Å². The second-order valence-corrected chi connectivity index (χ2v) is 14.4. The molecule has 6 rings (SSSR count). The van der Waals surface area contributed by atoms with Crippen molar-refractivity contribution in [1.29, 1.82) is 0 Å². The lowest BCUT2D eigenvalue weighted by Gasteiger charge is -2.27. The van der Waals surface area contributed by atoms with Gasteiger partial charge in [0.15, 0.2) is 0 Å². The summed E-state index contributed by atoms with van der Waals surface area (Å²) in [6, 6.07) is 16.6. The fraction of sp³-hybridized carbons (Fsp3) is 0.514. The van der Waals surface area contributed by atoms with Gasteiger partial charge in [0.1, 0.15) is 5.82 Å². The number of hydrogen-bond donors (Lipinski definition) is 0. The van der Waals surface area contributed by atoms with Gasteiger partial charge in [-0.2, -0.15) is 0 Å². The first-order valence-electron chi connectivity index (χ1n) is 15.9. The highest BCUT2D eigenvalue weighted by Gasteiger charge is 2.57. The van der Waals surface area contributed by atoms with E-state index in [2.05, 4.69) is 68.7 Å². The van der Waals surface area contributed by atoms with Gasteiger partial charge < -0.3 is 14.7 Å². The Morgan fingerprint density at radius 3 is 2.28 bits per heavy atom. The zero-order chi connectivity index (χ0) is 30.3. The number of fused-ring (bicyclic) bond motifs is 1. The summed E-state index contributed by atoms with van der Waals surface area (Å²) in [4.78, 5) is 41.4. The average Bonchev–Trinajstić information content (AvgIpc) is 3.56. The molecule has 0 radical (unpaired) electrons. The minimum atomic E-state index is 0.0316. The molecule has 2 aromatic heterocycles. The molecular formula is C35H45N5O2S. The number of piperidine rings is 1. The summed E-state index contributed by atoms with van der Waals surface area (Å²) in [5, 5.41) is 1.95. The molecule has 2 aliphatic heterocycles. The van der Waals surface area contributed by atoms with Gasteiger partial charge in [0.2, 0.25) is 0 Å². The van der Waals surface area contributed by atoms with Crippen molar-refractivity contribution in [3.63, 3.8) is 0 Å². The summed E-state index contributed by atoms with van der Waals surface area (Å²) >= 11 is 1.48. The van der Waals surface area contributed by atoms with E-state index in [-0.39, 0.29) is 17.2 Å². The number of aromatic nitrogens is 1. The summed E-state index contributed by atoms with van der Waals surface area (Å²) in [6.07, 6.45) is 3.03. The Kier molecular flexibility index (Phi) is 8.35. The monoisotopic (exact) mass is 599 g/mol. The van der Waals surface area contributed by atoms with E-state index in [0.717, 1.165) is 67.6 Å². The van der Waals surface area contributed by atoms with E-state index in [1.165, 1.54) is 16.9 Å². The predicted molar refractivity (Wildman–Crippen MR) is 175 cm³/mol. The van der Waals surface area contributed by atoms with Crippen molar-refractivity contribution in [2.45, 2.75) is 52.5 Å². The van der Waals surface area contributed by atoms with Crippen LogP contribution in [0.4, 0.5) is 11.5 Å². The predicted octanol–water partition coefficient (Wildman–Crippen LogP) is 6.03. The molecule has 0 spiro atoms. The summed E-state index contributed by atoms with van der Waals surface area (Å²) in [5.74, 6) is 2.39. The third-order valence-electron chi connectivity index (χ3n) is 9.89. The number of pyridine rings is 1. The molecule has 3 aliphatic rings. The third kappa shape index (κ3) is 6.09. The van der Waals surface area contributed by atoms with Crippen molar-refractivity contribution >= 4 is 34.7 Å². The molecule has 7 nitrogen and oxygen atoms in total. The lowest BCUT2D eigenvalue weighted by molar-refractivity contribution is 0.0766. The molecule has 1 saturated carbocycles. The molecule has 1 aliphatic carbocycles. The van der Waals surface area contributed by atoms with Crippen molar-refractivity contribution in [3.8, 4) is 0 Å². The van der Waals surface area contributed by atoms with E-state index in [1.54, 1.807) is 0 Å². The standard InChI is InChI=1S/C35H45N5O2S/c1-6-37(7-2)27-16-17-38(20-27)32-15-14-26(19-36-32)40(34(42)31-9-8-18-43-31)23-30-28-21-39(22-29(28)30)33(41)24-10-12-25(13-11-24)35(3,4)5/h8-15,18-19,27-30H,6-7,16-17,20-23H2,1-5H3. The van der Waals surface area contributed by atoms with Gasteiger partial charge in [-0.1, -0.05) is 52.8 Å². The third-order valence-corrected chi connectivity index (χ3v) is 10.7. The average molecular weight is 600 g/mol. The Labute approximate surface area is 260 Å². The van der Waals surface area contributed by atoms with Gasteiger partial charge in [0.05, 0.1) is 16.8 Å². The smallest absolute Gasteiger partial charge is 0.268 e. The number of amides is 2. The molecule has 43 heavy (non-hydrogen) atoms. The molecule has 8 heteroatoms. The molecular weight excluding hydrogens is 554 g/mol. The molecule has 4 heterocycles. The van der Waals surface area contributed by atoms with Crippen molar-refractivity contribution in [3.05, 3.63) is 76.1 Å². The molecule has 1 aromatic carbocycles. The fourth-order valence-corrected chi connectivity index (χ4v) is 7.82. The van der Waals surface area contributed by atoms with Gasteiger partial charge in [-0.05, 0) is 84.0 Å². The summed E-state index contributed by atoms with van der Waals surface area (Å²) in [6.45, 7) is 17.3. The molecule has 0 bridgehead atoms. The van der Waals surface area contributed by atoms with E-state index in [1.807, 2.05) is 45.6 Å². The largest absolute Gasteiger partial charge is 0.355 e. The zero-order valence-electron chi connectivity index (χ0n) is 26.2. The first-order valence-corrected chi connectivity index (χ1v) is 16.8. The topological polar surface area (TPSA) is 60.0 Å². The minimum absolute atomic E-state index is 0.0316. The van der Waals surface area contributed by atoms with Crippen LogP contribution >= 0.6 is 11.3 Å². The van der Waals surface area contributed by atoms with Crippen molar-refractivity contribution < 1.29 is 9.59 Å². The van der Waals surface area contributed by atoms with Crippen molar-refractivity contribution in [1.82, 2.24) is 14.8 Å². The number of carbonyl (C=O) groups is 2. The summed E-state index contributed by atoms with van der Waals surface area (Å²) < 4.78 is 0. The van der Waals surface area contributed by atoms with Gasteiger partial charge in [-0.15, -0.1) is 11.3 Å². The van der Waals surface area contributed by atoms with Crippen molar-refractivity contribution in [2.24, 2.45) is 17.8 Å². The number of likely N-dealkylation sites (tertiary alicyclic amines) is 1. The van der Waals surface area contributed by atoms with Gasteiger partial charge in [0, 0.05) is 44.3 Å². The second-order valence-electron chi connectivity index (χ2n) is 13.4. The SMILES string of the molecule is CCN(CC)C1CCN(c2ccc(N(CC3C4CN(C(=O)c5ccc(C(C)(C)C)cc5)CC43)C(=O)c3cccs3)cn2)C1. The van der Waals surface area contributed by atoms with Gasteiger partial charge in [0.25, 0.3) is 11.8 Å². The number of thiophene rings is 1. The highest BCUT2D eigenvalue weighted by molar-refractivity contribution is 7.12. The number of carbonyl (C=O) groups excluding carboxylic acids is 2. The lowest BCUT2D eigenvalue weighted by atomic mass is 9.86. The Morgan fingerprint density at radius 2 is 1.70 bits per heavy atom. The van der Waals surface area contributed by atoms with Gasteiger partial charge in [-0.3, -0.25) is 14.5 Å². The quantitative estimate of drug-likeness (QED) is 0.301. The van der Waals surface area contributed by atoms with Gasteiger partial charge >= 0.3 is 0 Å². The maximum atomic E-state index is 13.7. The van der Waals surface area contributed by atoms with E-state index < -0.39 is 0 Å². The highest BCUT2D eigenvalue weighted by Crippen LogP contribution is 2.52. The van der Waals surface area contributed by atoms with E-state index in [0.29, 0.717) is 30.3 Å².